The molecule has 0 saturated heterocycles. The zero-order chi connectivity index (χ0) is 29.0. The minimum Gasteiger partial charge on any atom is -0.432 e. The van der Waals surface area contributed by atoms with Crippen LogP contribution in [0.3, 0.4) is 0 Å². The molecule has 0 amide bonds. The number of benzene rings is 2. The molecule has 218 valence electrons. The van der Waals surface area contributed by atoms with Crippen molar-refractivity contribution in [1.29, 1.82) is 0 Å². The van der Waals surface area contributed by atoms with Gasteiger partial charge in [-0.2, -0.15) is 0 Å². The number of aryl methyl sites for hydroxylation is 2. The van der Waals surface area contributed by atoms with Crippen molar-refractivity contribution in [3.8, 4) is 0 Å². The predicted octanol–water partition coefficient (Wildman–Crippen LogP) is 6.44. The maximum absolute atomic E-state index is 11.8. The smallest absolute Gasteiger partial charge is 0.432 e. The van der Waals surface area contributed by atoms with Crippen molar-refractivity contribution in [1.82, 2.24) is 0 Å². The first-order chi connectivity index (χ1) is 19.4. The van der Waals surface area contributed by atoms with E-state index in [0.29, 0.717) is 35.1 Å². The molecule has 0 aromatic heterocycles. The number of ether oxygens (including phenoxy) is 2. The quantitative estimate of drug-likeness (QED) is 0.0906. The second-order valence-corrected chi connectivity index (χ2v) is 8.70. The van der Waals surface area contributed by atoms with Crippen molar-refractivity contribution in [2.45, 2.75) is 65.2 Å². The van der Waals surface area contributed by atoms with Gasteiger partial charge in [-0.05, 0) is 49.9 Å². The van der Waals surface area contributed by atoms with E-state index < -0.39 is 24.2 Å². The molecule has 0 spiro atoms. The average molecular weight is 563 g/mol. The van der Waals surface area contributed by atoms with Crippen molar-refractivity contribution in [2.24, 2.45) is 0 Å². The van der Waals surface area contributed by atoms with Gasteiger partial charge in [-0.25, -0.2) is 29.0 Å². The number of carbonyl (C=O) groups excluding carboxylic acids is 4. The normalized spacial score (nSPS) is 10.3. The van der Waals surface area contributed by atoms with Gasteiger partial charge in [0.15, 0.2) is 0 Å². The van der Waals surface area contributed by atoms with Crippen LogP contribution in [0, 0.1) is 13.8 Å². The molecule has 40 heavy (non-hydrogen) atoms. The third kappa shape index (κ3) is 13.1. The topological polar surface area (TPSA) is 142 Å². The monoisotopic (exact) mass is 562 g/mol. The Kier molecular flexibility index (Phi) is 15.2. The lowest BCUT2D eigenvalue weighted by Crippen LogP contribution is -2.13. The van der Waals surface area contributed by atoms with E-state index in [0.717, 1.165) is 38.5 Å². The number of hydrogen-bond acceptors (Lipinski definition) is 12. The molecule has 2 aromatic rings. The summed E-state index contributed by atoms with van der Waals surface area (Å²) in [6, 6.07) is 13.5. The Balaban J connectivity index is 1.34. The first kappa shape index (κ1) is 32.1. The lowest BCUT2D eigenvalue weighted by atomic mass is 10.1. The van der Waals surface area contributed by atoms with Crippen LogP contribution in [0.4, 0.5) is 9.59 Å². The van der Waals surface area contributed by atoms with Gasteiger partial charge in [-0.3, -0.25) is 9.78 Å². The van der Waals surface area contributed by atoms with Gasteiger partial charge in [0.1, 0.15) is 0 Å². The molecule has 0 bridgehead atoms. The molecule has 0 aliphatic carbocycles. The predicted molar refractivity (Wildman–Crippen MR) is 137 cm³/mol. The van der Waals surface area contributed by atoms with Crippen LogP contribution in [0.2, 0.25) is 0 Å². The van der Waals surface area contributed by atoms with E-state index in [1.165, 1.54) is 0 Å². The summed E-state index contributed by atoms with van der Waals surface area (Å²) < 4.78 is 9.69. The summed E-state index contributed by atoms with van der Waals surface area (Å²) >= 11 is 0. The zero-order valence-corrected chi connectivity index (χ0v) is 22.6. The van der Waals surface area contributed by atoms with Crippen LogP contribution < -0.4 is 0 Å². The third-order valence-electron chi connectivity index (χ3n) is 5.63. The minimum absolute atomic E-state index is 0.149. The second-order valence-electron chi connectivity index (χ2n) is 8.70. The Morgan fingerprint density at radius 1 is 0.500 bits per heavy atom. The molecule has 0 aliphatic rings. The SMILES string of the molecule is Cc1ccccc1C(=O)OOOC(=O)OCCCCCCCCCCOC(=O)OOOC(=O)c1ccccc1C. The van der Waals surface area contributed by atoms with Gasteiger partial charge < -0.3 is 9.47 Å². The molecule has 12 heteroatoms. The maximum atomic E-state index is 11.8. The second kappa shape index (κ2) is 19.0. The molecule has 12 nitrogen and oxygen atoms in total. The lowest BCUT2D eigenvalue weighted by Gasteiger charge is -2.06. The summed E-state index contributed by atoms with van der Waals surface area (Å²) in [5, 5.41) is 8.38. The van der Waals surface area contributed by atoms with Crippen LogP contribution in [0.15, 0.2) is 48.5 Å². The largest absolute Gasteiger partial charge is 0.543 e. The Morgan fingerprint density at radius 2 is 0.850 bits per heavy atom. The highest BCUT2D eigenvalue weighted by molar-refractivity contribution is 5.91. The molecule has 2 rings (SSSR count). The molecular weight excluding hydrogens is 528 g/mol. The van der Waals surface area contributed by atoms with Gasteiger partial charge >= 0.3 is 24.2 Å². The minimum atomic E-state index is -1.10. The highest BCUT2D eigenvalue weighted by Crippen LogP contribution is 2.11. The van der Waals surface area contributed by atoms with Crippen LogP contribution in [0.5, 0.6) is 0 Å². The van der Waals surface area contributed by atoms with E-state index in [-0.39, 0.29) is 13.2 Å². The number of carbonyl (C=O) groups is 4. The van der Waals surface area contributed by atoms with Gasteiger partial charge in [0, 0.05) is 0 Å². The van der Waals surface area contributed by atoms with Gasteiger partial charge in [0.05, 0.1) is 34.4 Å². The molecule has 0 saturated carbocycles. The number of unbranched alkanes of at least 4 members (excludes halogenated alkanes) is 7. The molecule has 0 unspecified atom stereocenters. The van der Waals surface area contributed by atoms with Crippen LogP contribution >= 0.6 is 0 Å². The lowest BCUT2D eigenvalue weighted by molar-refractivity contribution is -0.452. The van der Waals surface area contributed by atoms with Gasteiger partial charge in [-0.15, -0.1) is 0 Å². The van der Waals surface area contributed by atoms with Crippen molar-refractivity contribution >= 4 is 24.2 Å². The first-order valence-corrected chi connectivity index (χ1v) is 12.9. The summed E-state index contributed by atoms with van der Waals surface area (Å²) in [7, 11) is 0. The van der Waals surface area contributed by atoms with Crippen molar-refractivity contribution in [2.75, 3.05) is 13.2 Å². The Morgan fingerprint density at radius 3 is 1.23 bits per heavy atom. The molecular formula is C28H34O12. The van der Waals surface area contributed by atoms with Crippen LogP contribution in [0.1, 0.15) is 83.2 Å². The molecule has 0 aliphatic heterocycles. The molecule has 0 radical (unpaired) electrons. The molecule has 0 atom stereocenters. The maximum Gasteiger partial charge on any atom is 0.543 e. The fraction of sp³-hybridized carbons (Fsp3) is 0.429. The average Bonchev–Trinajstić information content (AvgIpc) is 2.94. The molecule has 2 aromatic carbocycles. The van der Waals surface area contributed by atoms with Crippen molar-refractivity contribution < 1.29 is 58.3 Å². The fourth-order valence-corrected chi connectivity index (χ4v) is 3.47. The summed E-state index contributed by atoms with van der Waals surface area (Å²) in [5.41, 5.74) is 1.96. The van der Waals surface area contributed by atoms with Crippen molar-refractivity contribution in [3.63, 3.8) is 0 Å². The van der Waals surface area contributed by atoms with Gasteiger partial charge in [0.25, 0.3) is 0 Å². The Hall–Kier alpha value is -4.16. The summed E-state index contributed by atoms with van der Waals surface area (Å²) in [6.07, 6.45) is 4.76. The zero-order valence-electron chi connectivity index (χ0n) is 22.6. The Labute approximate surface area is 232 Å². The highest BCUT2D eigenvalue weighted by Gasteiger charge is 2.15. The summed E-state index contributed by atoms with van der Waals surface area (Å²) in [5.74, 6) is -1.57. The standard InChI is InChI=1S/C28H34O12/c1-21-15-9-11-17-23(21)25(29)35-39-37-27(31)33-19-13-7-5-3-4-6-8-14-20-34-28(32)38-40-36-26(30)24-18-12-10-16-22(24)2/h9-12,15-18H,3-8,13-14,19-20H2,1-2H3. The van der Waals surface area contributed by atoms with Gasteiger partial charge in [-0.1, -0.05) is 74.9 Å². The Bertz CT molecular complexity index is 999. The van der Waals surface area contributed by atoms with E-state index in [4.69, 9.17) is 9.47 Å². The molecule has 0 fully saturated rings. The van der Waals surface area contributed by atoms with E-state index in [1.54, 1.807) is 62.4 Å². The van der Waals surface area contributed by atoms with E-state index in [2.05, 4.69) is 29.6 Å². The van der Waals surface area contributed by atoms with Crippen LogP contribution in [-0.4, -0.2) is 37.5 Å². The van der Waals surface area contributed by atoms with Crippen molar-refractivity contribution in [3.05, 3.63) is 70.8 Å². The third-order valence-corrected chi connectivity index (χ3v) is 5.63. The number of hydrogen-bond donors (Lipinski definition) is 0. The highest BCUT2D eigenvalue weighted by atomic mass is 17.5. The van der Waals surface area contributed by atoms with E-state index >= 15 is 0 Å². The van der Waals surface area contributed by atoms with Crippen LogP contribution in [0.25, 0.3) is 0 Å². The number of rotatable bonds is 17. The molecule has 0 heterocycles. The first-order valence-electron chi connectivity index (χ1n) is 12.9. The van der Waals surface area contributed by atoms with E-state index in [9.17, 15) is 19.2 Å². The summed E-state index contributed by atoms with van der Waals surface area (Å²) in [6.45, 7) is 3.76. The molecule has 0 N–H and O–H groups in total. The van der Waals surface area contributed by atoms with Gasteiger partial charge in [0.2, 0.25) is 0 Å². The van der Waals surface area contributed by atoms with E-state index in [1.807, 2.05) is 0 Å². The summed E-state index contributed by atoms with van der Waals surface area (Å²) in [4.78, 5) is 63.9. The van der Waals surface area contributed by atoms with Crippen LogP contribution in [-0.2, 0) is 39.1 Å². The fourth-order valence-electron chi connectivity index (χ4n) is 3.47.